The molecule has 178 valence electrons. The Morgan fingerprint density at radius 3 is 2.43 bits per heavy atom. The summed E-state index contributed by atoms with van der Waals surface area (Å²) in [5.74, 6) is 2.58. The molecule has 6 aromatic rings. The fraction of sp³-hybridized carbons (Fsp3) is 0.176. The SMILES string of the molecule is CCCC(CC)c1ccc2c3c1Oc1ccc4ccccc4c1B3c1cccc3c4ccccc4n-2c13. The van der Waals surface area contributed by atoms with Gasteiger partial charge in [-0.15, -0.1) is 0 Å². The molecule has 8 rings (SSSR count). The Balaban J connectivity index is 1.56. The number of para-hydroxylation sites is 2. The summed E-state index contributed by atoms with van der Waals surface area (Å²) in [7, 11) is 0. The Labute approximate surface area is 217 Å². The van der Waals surface area contributed by atoms with Crippen LogP contribution in [0.15, 0.2) is 91.0 Å². The van der Waals surface area contributed by atoms with Crippen molar-refractivity contribution in [3.8, 4) is 17.2 Å². The number of rotatable bonds is 4. The lowest BCUT2D eigenvalue weighted by Crippen LogP contribution is -2.58. The Morgan fingerprint density at radius 2 is 1.57 bits per heavy atom. The Bertz CT molecular complexity index is 1880. The zero-order valence-electron chi connectivity index (χ0n) is 21.3. The van der Waals surface area contributed by atoms with E-state index in [2.05, 4.69) is 109 Å². The molecule has 0 bridgehead atoms. The van der Waals surface area contributed by atoms with Gasteiger partial charge in [0.1, 0.15) is 11.5 Å². The van der Waals surface area contributed by atoms with E-state index < -0.39 is 0 Å². The van der Waals surface area contributed by atoms with Gasteiger partial charge < -0.3 is 9.30 Å². The molecule has 0 saturated carbocycles. The molecule has 37 heavy (non-hydrogen) atoms. The number of benzene rings is 5. The maximum Gasteiger partial charge on any atom is 0.257 e. The fourth-order valence-electron chi connectivity index (χ4n) is 7.20. The van der Waals surface area contributed by atoms with E-state index >= 15 is 0 Å². The third-order valence-corrected chi connectivity index (χ3v) is 8.77. The Morgan fingerprint density at radius 1 is 0.757 bits per heavy atom. The summed E-state index contributed by atoms with van der Waals surface area (Å²) in [6, 6.07) is 33.6. The van der Waals surface area contributed by atoms with Crippen molar-refractivity contribution in [2.75, 3.05) is 0 Å². The molecule has 0 saturated heterocycles. The largest absolute Gasteiger partial charge is 0.458 e. The van der Waals surface area contributed by atoms with E-state index in [4.69, 9.17) is 4.74 Å². The standard InChI is InChI=1S/C34H28BNO/c1-3-10-21(4-2)24-18-19-29-32-34(24)37-30-20-17-22-11-5-6-12-23(22)31(30)35(32)27-15-9-14-26-25-13-7-8-16-28(25)36(29)33(26)27/h5-9,11-21H,3-4,10H2,1-2H3. The zero-order chi connectivity index (χ0) is 24.7. The number of fused-ring (bicyclic) bond motifs is 9. The normalized spacial score (nSPS) is 14.1. The average molecular weight is 477 g/mol. The summed E-state index contributed by atoms with van der Waals surface area (Å²) < 4.78 is 9.48. The molecule has 0 fully saturated rings. The van der Waals surface area contributed by atoms with E-state index in [9.17, 15) is 0 Å². The van der Waals surface area contributed by atoms with Crippen LogP contribution in [0.2, 0.25) is 0 Å². The number of hydrogen-bond donors (Lipinski definition) is 0. The molecule has 1 unspecified atom stereocenters. The summed E-state index contributed by atoms with van der Waals surface area (Å²) >= 11 is 0. The van der Waals surface area contributed by atoms with E-state index in [1.54, 1.807) is 0 Å². The van der Waals surface area contributed by atoms with Gasteiger partial charge in [0.2, 0.25) is 0 Å². The van der Waals surface area contributed by atoms with Gasteiger partial charge in [0.15, 0.2) is 0 Å². The highest BCUT2D eigenvalue weighted by Gasteiger charge is 2.42. The first-order valence-electron chi connectivity index (χ1n) is 13.7. The van der Waals surface area contributed by atoms with Crippen LogP contribution in [-0.4, -0.2) is 11.3 Å². The maximum atomic E-state index is 6.98. The van der Waals surface area contributed by atoms with Crippen LogP contribution in [0.4, 0.5) is 0 Å². The van der Waals surface area contributed by atoms with E-state index in [1.807, 2.05) is 0 Å². The summed E-state index contributed by atoms with van der Waals surface area (Å²) in [4.78, 5) is 0. The molecule has 0 spiro atoms. The molecule has 0 radical (unpaired) electrons. The fourth-order valence-corrected chi connectivity index (χ4v) is 7.20. The van der Waals surface area contributed by atoms with Crippen LogP contribution in [0.25, 0.3) is 38.3 Å². The predicted molar refractivity (Wildman–Crippen MR) is 157 cm³/mol. The third-order valence-electron chi connectivity index (χ3n) is 8.77. The number of ether oxygens (including phenoxy) is 1. The first-order chi connectivity index (χ1) is 18.3. The van der Waals surface area contributed by atoms with Gasteiger partial charge in [-0.1, -0.05) is 93.1 Å². The first kappa shape index (κ1) is 21.1. The van der Waals surface area contributed by atoms with E-state index in [-0.39, 0.29) is 6.71 Å². The molecule has 2 nitrogen and oxygen atoms in total. The zero-order valence-corrected chi connectivity index (χ0v) is 21.3. The third kappa shape index (κ3) is 2.72. The summed E-state index contributed by atoms with van der Waals surface area (Å²) in [6.07, 6.45) is 3.46. The van der Waals surface area contributed by atoms with Gasteiger partial charge in [0, 0.05) is 22.0 Å². The summed E-state index contributed by atoms with van der Waals surface area (Å²) in [5.41, 5.74) is 9.24. The average Bonchev–Trinajstić information content (AvgIpc) is 3.29. The van der Waals surface area contributed by atoms with E-state index in [0.717, 1.165) is 17.9 Å². The van der Waals surface area contributed by atoms with Crippen molar-refractivity contribution < 1.29 is 4.74 Å². The predicted octanol–water partition coefficient (Wildman–Crippen LogP) is 7.17. The summed E-state index contributed by atoms with van der Waals surface area (Å²) in [5, 5.41) is 5.19. The van der Waals surface area contributed by atoms with Crippen LogP contribution < -0.4 is 21.1 Å². The maximum absolute atomic E-state index is 6.98. The minimum absolute atomic E-state index is 0.138. The van der Waals surface area contributed by atoms with Gasteiger partial charge in [-0.2, -0.15) is 0 Å². The lowest BCUT2D eigenvalue weighted by atomic mass is 9.34. The van der Waals surface area contributed by atoms with Gasteiger partial charge in [-0.25, -0.2) is 0 Å². The highest BCUT2D eigenvalue weighted by Crippen LogP contribution is 2.42. The van der Waals surface area contributed by atoms with Crippen LogP contribution >= 0.6 is 0 Å². The molecule has 2 aliphatic rings. The lowest BCUT2D eigenvalue weighted by molar-refractivity contribution is 0.467. The Hall–Kier alpha value is -3.98. The smallest absolute Gasteiger partial charge is 0.257 e. The van der Waals surface area contributed by atoms with Crippen LogP contribution in [0, 0.1) is 0 Å². The monoisotopic (exact) mass is 477 g/mol. The molecule has 1 aromatic heterocycles. The second kappa shape index (κ2) is 7.76. The Kier molecular flexibility index (Phi) is 4.43. The minimum Gasteiger partial charge on any atom is -0.458 e. The van der Waals surface area contributed by atoms with Crippen molar-refractivity contribution in [3.63, 3.8) is 0 Å². The van der Waals surface area contributed by atoms with Crippen molar-refractivity contribution in [3.05, 3.63) is 96.6 Å². The number of hydrogen-bond acceptors (Lipinski definition) is 1. The molecule has 0 amide bonds. The van der Waals surface area contributed by atoms with Crippen molar-refractivity contribution in [1.29, 1.82) is 0 Å². The van der Waals surface area contributed by atoms with Crippen molar-refractivity contribution in [2.45, 2.75) is 39.0 Å². The second-order valence-electron chi connectivity index (χ2n) is 10.6. The molecule has 1 atom stereocenters. The molecular formula is C34H28BNO. The van der Waals surface area contributed by atoms with Crippen molar-refractivity contribution in [2.24, 2.45) is 0 Å². The lowest BCUT2D eigenvalue weighted by Gasteiger charge is -2.36. The van der Waals surface area contributed by atoms with Gasteiger partial charge in [-0.05, 0) is 69.7 Å². The van der Waals surface area contributed by atoms with E-state index in [0.29, 0.717) is 5.92 Å². The summed E-state index contributed by atoms with van der Waals surface area (Å²) in [6.45, 7) is 4.74. The molecular weight excluding hydrogens is 449 g/mol. The molecule has 0 N–H and O–H groups in total. The molecule has 3 heteroatoms. The highest BCUT2D eigenvalue weighted by atomic mass is 16.5. The van der Waals surface area contributed by atoms with Gasteiger partial charge in [0.25, 0.3) is 6.71 Å². The van der Waals surface area contributed by atoms with Gasteiger partial charge >= 0.3 is 0 Å². The number of aromatic nitrogens is 1. The molecule has 3 heterocycles. The molecule has 0 aliphatic carbocycles. The second-order valence-corrected chi connectivity index (χ2v) is 10.6. The number of nitrogens with zero attached hydrogens (tertiary/aromatic N) is 1. The molecule has 5 aromatic carbocycles. The highest BCUT2D eigenvalue weighted by molar-refractivity contribution is 7.00. The van der Waals surface area contributed by atoms with Crippen LogP contribution in [0.3, 0.4) is 0 Å². The minimum atomic E-state index is 0.138. The van der Waals surface area contributed by atoms with Gasteiger partial charge in [-0.3, -0.25) is 0 Å². The van der Waals surface area contributed by atoms with Crippen molar-refractivity contribution in [1.82, 2.24) is 4.57 Å². The van der Waals surface area contributed by atoms with Gasteiger partial charge in [0.05, 0.1) is 5.52 Å². The molecule has 2 aliphatic heterocycles. The quantitative estimate of drug-likeness (QED) is 0.245. The van der Waals surface area contributed by atoms with Crippen LogP contribution in [0.5, 0.6) is 11.5 Å². The van der Waals surface area contributed by atoms with E-state index in [1.165, 1.54) is 73.1 Å². The van der Waals surface area contributed by atoms with Crippen molar-refractivity contribution >= 4 is 55.7 Å². The topological polar surface area (TPSA) is 14.2 Å². The van der Waals surface area contributed by atoms with Crippen LogP contribution in [0.1, 0.15) is 44.6 Å². The van der Waals surface area contributed by atoms with Crippen LogP contribution in [-0.2, 0) is 0 Å². The first-order valence-corrected chi connectivity index (χ1v) is 13.7.